The van der Waals surface area contributed by atoms with E-state index >= 15 is 0 Å². The molecule has 3 aromatic rings. The Balaban J connectivity index is 1.72. The molecule has 9 nitrogen and oxygen atoms in total. The van der Waals surface area contributed by atoms with Gasteiger partial charge >= 0.3 is 11.9 Å². The molecular formula is C27H25NO8. The van der Waals surface area contributed by atoms with Gasteiger partial charge in [0.1, 0.15) is 12.4 Å². The van der Waals surface area contributed by atoms with Gasteiger partial charge in [0.2, 0.25) is 5.91 Å². The summed E-state index contributed by atoms with van der Waals surface area (Å²) in [5, 5.41) is 12.1. The molecule has 0 saturated heterocycles. The highest BCUT2D eigenvalue weighted by Crippen LogP contribution is 2.33. The lowest BCUT2D eigenvalue weighted by Gasteiger charge is -2.13. The van der Waals surface area contributed by atoms with Gasteiger partial charge in [-0.3, -0.25) is 4.79 Å². The van der Waals surface area contributed by atoms with Gasteiger partial charge in [-0.05, 0) is 29.8 Å². The average molecular weight is 491 g/mol. The van der Waals surface area contributed by atoms with Crippen LogP contribution in [-0.4, -0.2) is 44.3 Å². The van der Waals surface area contributed by atoms with Crippen LogP contribution in [0.1, 0.15) is 31.8 Å². The van der Waals surface area contributed by atoms with E-state index in [1.807, 2.05) is 0 Å². The fourth-order valence-corrected chi connectivity index (χ4v) is 3.26. The molecule has 0 aliphatic carbocycles. The Bertz CT molecular complexity index is 1280. The Morgan fingerprint density at radius 1 is 0.889 bits per heavy atom. The lowest BCUT2D eigenvalue weighted by molar-refractivity contribution is -0.111. The maximum atomic E-state index is 12.6. The number of amides is 1. The normalized spacial score (nSPS) is 10.5. The van der Waals surface area contributed by atoms with Crippen molar-refractivity contribution in [1.82, 2.24) is 0 Å². The van der Waals surface area contributed by atoms with Crippen LogP contribution in [0.25, 0.3) is 6.08 Å². The molecule has 36 heavy (non-hydrogen) atoms. The first kappa shape index (κ1) is 25.8. The van der Waals surface area contributed by atoms with Gasteiger partial charge in [-0.25, -0.2) is 9.59 Å². The molecule has 1 amide bonds. The Hall–Kier alpha value is -4.79. The highest BCUT2D eigenvalue weighted by molar-refractivity contribution is 6.06. The van der Waals surface area contributed by atoms with Gasteiger partial charge in [-0.1, -0.05) is 30.3 Å². The second-order valence-corrected chi connectivity index (χ2v) is 7.40. The Labute approximate surface area is 207 Å². The molecule has 0 saturated carbocycles. The number of nitrogens with one attached hydrogen (secondary N) is 1. The van der Waals surface area contributed by atoms with Gasteiger partial charge in [0, 0.05) is 23.8 Å². The zero-order valence-electron chi connectivity index (χ0n) is 19.9. The molecule has 0 atom stereocenters. The van der Waals surface area contributed by atoms with Crippen LogP contribution in [0.5, 0.6) is 17.2 Å². The van der Waals surface area contributed by atoms with Gasteiger partial charge < -0.3 is 29.4 Å². The first-order valence-corrected chi connectivity index (χ1v) is 10.7. The molecule has 0 bridgehead atoms. The number of hydrogen-bond acceptors (Lipinski definition) is 7. The van der Waals surface area contributed by atoms with Crippen LogP contribution >= 0.6 is 0 Å². The zero-order valence-corrected chi connectivity index (χ0v) is 19.9. The van der Waals surface area contributed by atoms with E-state index in [1.54, 1.807) is 54.6 Å². The predicted octanol–water partition coefficient (Wildman–Crippen LogP) is 4.42. The molecule has 0 aliphatic heterocycles. The average Bonchev–Trinajstić information content (AvgIpc) is 2.90. The van der Waals surface area contributed by atoms with Crippen LogP contribution in [0.15, 0.2) is 66.7 Å². The number of para-hydroxylation sites is 1. The number of hydrogen-bond donors (Lipinski definition) is 2. The molecule has 3 rings (SSSR count). The van der Waals surface area contributed by atoms with E-state index in [4.69, 9.17) is 18.9 Å². The third-order valence-electron chi connectivity index (χ3n) is 5.11. The monoisotopic (exact) mass is 491 g/mol. The van der Waals surface area contributed by atoms with Gasteiger partial charge in [0.25, 0.3) is 0 Å². The van der Waals surface area contributed by atoms with Crippen molar-refractivity contribution in [3.63, 3.8) is 0 Å². The van der Waals surface area contributed by atoms with Crippen LogP contribution in [-0.2, 0) is 16.1 Å². The number of esters is 1. The summed E-state index contributed by atoms with van der Waals surface area (Å²) in [5.74, 6) is -1.14. The van der Waals surface area contributed by atoms with Crippen molar-refractivity contribution in [1.29, 1.82) is 0 Å². The number of aromatic carboxylic acids is 1. The summed E-state index contributed by atoms with van der Waals surface area (Å²) in [6, 6.07) is 16.6. The van der Waals surface area contributed by atoms with E-state index < -0.39 is 17.8 Å². The lowest BCUT2D eigenvalue weighted by atomic mass is 10.1. The first-order chi connectivity index (χ1) is 17.4. The summed E-state index contributed by atoms with van der Waals surface area (Å²) in [6.45, 7) is 0.242. The molecule has 0 spiro atoms. The first-order valence-electron chi connectivity index (χ1n) is 10.7. The van der Waals surface area contributed by atoms with Crippen molar-refractivity contribution < 1.29 is 38.4 Å². The minimum absolute atomic E-state index is 0.0646. The smallest absolute Gasteiger partial charge is 0.337 e. The van der Waals surface area contributed by atoms with E-state index in [-0.39, 0.29) is 29.4 Å². The van der Waals surface area contributed by atoms with Gasteiger partial charge in [0.15, 0.2) is 11.5 Å². The maximum absolute atomic E-state index is 12.6. The predicted molar refractivity (Wildman–Crippen MR) is 133 cm³/mol. The van der Waals surface area contributed by atoms with E-state index in [9.17, 15) is 19.5 Å². The maximum Gasteiger partial charge on any atom is 0.337 e. The molecule has 0 aromatic heterocycles. The number of carboxylic acid groups (broad SMARTS) is 1. The van der Waals surface area contributed by atoms with Crippen LogP contribution < -0.4 is 19.5 Å². The molecule has 0 radical (unpaired) electrons. The van der Waals surface area contributed by atoms with Gasteiger partial charge in [-0.2, -0.15) is 0 Å². The van der Waals surface area contributed by atoms with Crippen LogP contribution in [0.3, 0.4) is 0 Å². The Morgan fingerprint density at radius 3 is 2.19 bits per heavy atom. The van der Waals surface area contributed by atoms with Crippen molar-refractivity contribution in [2.75, 3.05) is 26.6 Å². The van der Waals surface area contributed by atoms with Crippen molar-refractivity contribution >= 4 is 29.6 Å². The van der Waals surface area contributed by atoms with E-state index in [0.717, 1.165) is 5.56 Å². The number of benzene rings is 3. The van der Waals surface area contributed by atoms with Crippen LogP contribution in [0, 0.1) is 0 Å². The van der Waals surface area contributed by atoms with Crippen molar-refractivity contribution in [2.45, 2.75) is 6.61 Å². The highest BCUT2D eigenvalue weighted by Gasteiger charge is 2.17. The molecule has 186 valence electrons. The number of rotatable bonds is 10. The molecule has 0 unspecified atom stereocenters. The van der Waals surface area contributed by atoms with Gasteiger partial charge in [-0.15, -0.1) is 0 Å². The number of methoxy groups -OCH3 is 3. The van der Waals surface area contributed by atoms with E-state index in [2.05, 4.69) is 5.32 Å². The fourth-order valence-electron chi connectivity index (χ4n) is 3.26. The van der Waals surface area contributed by atoms with Crippen molar-refractivity contribution in [2.24, 2.45) is 0 Å². The Kier molecular flexibility index (Phi) is 8.66. The summed E-state index contributed by atoms with van der Waals surface area (Å²) in [4.78, 5) is 35.8. The second-order valence-electron chi connectivity index (χ2n) is 7.40. The summed E-state index contributed by atoms with van der Waals surface area (Å²) >= 11 is 0. The fraction of sp³-hybridized carbons (Fsp3) is 0.148. The van der Waals surface area contributed by atoms with Crippen molar-refractivity contribution in [3.8, 4) is 17.2 Å². The third kappa shape index (κ3) is 6.41. The zero-order chi connectivity index (χ0) is 26.1. The molecule has 0 fully saturated rings. The quantitative estimate of drug-likeness (QED) is 0.316. The molecule has 3 aromatic carbocycles. The SMILES string of the molecule is COC(=O)c1ccc(COc2ccccc2/C=C/C(=O)Nc2cc(OC)c(OC)cc2C(=O)O)cc1. The van der Waals surface area contributed by atoms with Crippen LogP contribution in [0.2, 0.25) is 0 Å². The number of carbonyl (C=O) groups is 3. The number of anilines is 1. The second kappa shape index (κ2) is 12.1. The largest absolute Gasteiger partial charge is 0.493 e. The topological polar surface area (TPSA) is 120 Å². The third-order valence-corrected chi connectivity index (χ3v) is 5.11. The summed E-state index contributed by atoms with van der Waals surface area (Å²) in [5.41, 5.74) is 1.85. The minimum Gasteiger partial charge on any atom is -0.493 e. The Morgan fingerprint density at radius 2 is 1.56 bits per heavy atom. The summed E-state index contributed by atoms with van der Waals surface area (Å²) < 4.78 is 20.9. The van der Waals surface area contributed by atoms with Crippen LogP contribution in [0.4, 0.5) is 5.69 Å². The standard InChI is InChI=1S/C27H25NO8/c1-33-23-14-20(26(30)31)21(15-24(23)34-2)28-25(29)13-12-18-6-4-5-7-22(18)36-16-17-8-10-19(11-9-17)27(32)35-3/h4-15H,16H2,1-3H3,(H,28,29)(H,30,31)/b13-12+. The summed E-state index contributed by atoms with van der Waals surface area (Å²) in [7, 11) is 4.12. The highest BCUT2D eigenvalue weighted by atomic mass is 16.5. The van der Waals surface area contributed by atoms with Crippen molar-refractivity contribution in [3.05, 3.63) is 89.0 Å². The summed E-state index contributed by atoms with van der Waals surface area (Å²) in [6.07, 6.45) is 2.84. The molecule has 9 heteroatoms. The molecule has 2 N–H and O–H groups in total. The molecular weight excluding hydrogens is 466 g/mol. The van der Waals surface area contributed by atoms with E-state index in [1.165, 1.54) is 39.5 Å². The molecule has 0 aliphatic rings. The van der Waals surface area contributed by atoms with Gasteiger partial charge in [0.05, 0.1) is 38.1 Å². The number of carbonyl (C=O) groups excluding carboxylic acids is 2. The minimum atomic E-state index is -1.23. The number of ether oxygens (including phenoxy) is 4. The van der Waals surface area contributed by atoms with E-state index in [0.29, 0.717) is 16.9 Å². The molecule has 0 heterocycles. The number of carboxylic acids is 1. The lowest BCUT2D eigenvalue weighted by Crippen LogP contribution is -2.12.